The summed E-state index contributed by atoms with van der Waals surface area (Å²) < 4.78 is 0. The van der Waals surface area contributed by atoms with Crippen molar-refractivity contribution in [3.8, 4) is 0 Å². The molecule has 0 radical (unpaired) electrons. The van der Waals surface area contributed by atoms with Crippen molar-refractivity contribution in [3.63, 3.8) is 0 Å². The number of carbonyl (C=O) groups excluding carboxylic acids is 3. The van der Waals surface area contributed by atoms with Gasteiger partial charge in [0.15, 0.2) is 0 Å². The summed E-state index contributed by atoms with van der Waals surface area (Å²) in [5, 5.41) is 2.35. The summed E-state index contributed by atoms with van der Waals surface area (Å²) in [6.45, 7) is 5.90. The van der Waals surface area contributed by atoms with Gasteiger partial charge in [0, 0.05) is 0 Å². The fourth-order valence-corrected chi connectivity index (χ4v) is 2.40. The van der Waals surface area contributed by atoms with Crippen molar-refractivity contribution in [3.05, 3.63) is 35.4 Å². The van der Waals surface area contributed by atoms with Crippen molar-refractivity contribution in [2.45, 2.75) is 33.1 Å². The van der Waals surface area contributed by atoms with Gasteiger partial charge < -0.3 is 5.32 Å². The SMILES string of the molecule is CC(C)Cc1ccc(C(C)C(=O)N2C(=O)CNC2=O)cc1. The van der Waals surface area contributed by atoms with Gasteiger partial charge in [-0.1, -0.05) is 38.1 Å². The van der Waals surface area contributed by atoms with Crippen molar-refractivity contribution < 1.29 is 14.4 Å². The van der Waals surface area contributed by atoms with E-state index in [-0.39, 0.29) is 6.54 Å². The minimum atomic E-state index is -0.631. The van der Waals surface area contributed by atoms with Gasteiger partial charge in [-0.3, -0.25) is 9.59 Å². The number of rotatable bonds is 4. The van der Waals surface area contributed by atoms with Gasteiger partial charge in [-0.2, -0.15) is 4.90 Å². The first kappa shape index (κ1) is 15.2. The zero-order valence-corrected chi connectivity index (χ0v) is 12.6. The Bertz CT molecular complexity index is 547. The lowest BCUT2D eigenvalue weighted by Gasteiger charge is -2.17. The Morgan fingerprint density at radius 1 is 1.19 bits per heavy atom. The molecular formula is C16H20N2O3. The number of carbonyl (C=O) groups is 3. The molecule has 21 heavy (non-hydrogen) atoms. The molecule has 1 atom stereocenters. The molecule has 0 saturated carbocycles. The Balaban J connectivity index is 2.12. The zero-order chi connectivity index (χ0) is 15.6. The number of amides is 4. The van der Waals surface area contributed by atoms with Crippen LogP contribution >= 0.6 is 0 Å². The largest absolute Gasteiger partial charge is 0.331 e. The maximum atomic E-state index is 12.3. The Morgan fingerprint density at radius 3 is 2.29 bits per heavy atom. The highest BCUT2D eigenvalue weighted by Crippen LogP contribution is 2.21. The molecule has 0 aromatic heterocycles. The highest BCUT2D eigenvalue weighted by atomic mass is 16.2. The lowest BCUT2D eigenvalue weighted by atomic mass is 9.96. The summed E-state index contributed by atoms with van der Waals surface area (Å²) in [6, 6.07) is 7.13. The molecule has 0 bridgehead atoms. The molecule has 5 heteroatoms. The number of hydrogen-bond donors (Lipinski definition) is 1. The summed E-state index contributed by atoms with van der Waals surface area (Å²) in [7, 11) is 0. The van der Waals surface area contributed by atoms with Crippen LogP contribution in [0.2, 0.25) is 0 Å². The predicted octanol–water partition coefficient (Wildman–Crippen LogP) is 2.07. The molecule has 1 saturated heterocycles. The second-order valence-corrected chi connectivity index (χ2v) is 5.79. The fraction of sp³-hybridized carbons (Fsp3) is 0.438. The molecule has 1 aromatic rings. The number of nitrogens with one attached hydrogen (secondary N) is 1. The molecule has 0 aliphatic carbocycles. The third kappa shape index (κ3) is 3.29. The van der Waals surface area contributed by atoms with Crippen LogP contribution in [0.3, 0.4) is 0 Å². The van der Waals surface area contributed by atoms with E-state index in [1.807, 2.05) is 24.3 Å². The maximum absolute atomic E-state index is 12.3. The summed E-state index contributed by atoms with van der Waals surface area (Å²) in [4.78, 5) is 36.0. The summed E-state index contributed by atoms with van der Waals surface area (Å²) in [5.74, 6) is -0.924. The Hall–Kier alpha value is -2.17. The van der Waals surface area contributed by atoms with E-state index in [0.717, 1.165) is 12.0 Å². The third-order valence-electron chi connectivity index (χ3n) is 3.56. The van der Waals surface area contributed by atoms with E-state index in [1.54, 1.807) is 6.92 Å². The lowest BCUT2D eigenvalue weighted by Crippen LogP contribution is -2.39. The number of urea groups is 1. The van der Waals surface area contributed by atoms with Gasteiger partial charge in [-0.15, -0.1) is 0 Å². The molecule has 4 amide bonds. The maximum Gasteiger partial charge on any atom is 0.331 e. The van der Waals surface area contributed by atoms with E-state index in [4.69, 9.17) is 0 Å². The first-order valence-electron chi connectivity index (χ1n) is 7.13. The van der Waals surface area contributed by atoms with Crippen molar-refractivity contribution in [2.75, 3.05) is 6.54 Å². The minimum Gasteiger partial charge on any atom is -0.328 e. The number of imide groups is 3. The smallest absolute Gasteiger partial charge is 0.328 e. The van der Waals surface area contributed by atoms with Gasteiger partial charge in [0.25, 0.3) is 5.91 Å². The van der Waals surface area contributed by atoms with Gasteiger partial charge in [-0.25, -0.2) is 4.79 Å². The zero-order valence-electron chi connectivity index (χ0n) is 12.6. The Kier molecular flexibility index (Phi) is 4.40. The average molecular weight is 288 g/mol. The number of nitrogens with zero attached hydrogens (tertiary/aromatic N) is 1. The third-order valence-corrected chi connectivity index (χ3v) is 3.56. The van der Waals surface area contributed by atoms with E-state index in [2.05, 4.69) is 19.2 Å². The van der Waals surface area contributed by atoms with Crippen LogP contribution in [0.25, 0.3) is 0 Å². The van der Waals surface area contributed by atoms with E-state index >= 15 is 0 Å². The van der Waals surface area contributed by atoms with Gasteiger partial charge in [-0.05, 0) is 30.4 Å². The molecule has 1 aliphatic rings. The first-order valence-corrected chi connectivity index (χ1v) is 7.13. The topological polar surface area (TPSA) is 66.5 Å². The first-order chi connectivity index (χ1) is 9.90. The van der Waals surface area contributed by atoms with Crippen molar-refractivity contribution in [1.82, 2.24) is 10.2 Å². The molecule has 1 fully saturated rings. The fourth-order valence-electron chi connectivity index (χ4n) is 2.40. The monoisotopic (exact) mass is 288 g/mol. The van der Waals surface area contributed by atoms with Crippen LogP contribution in [-0.4, -0.2) is 29.3 Å². The van der Waals surface area contributed by atoms with E-state index in [9.17, 15) is 14.4 Å². The molecule has 0 spiro atoms. The molecule has 1 aromatic carbocycles. The van der Waals surface area contributed by atoms with Crippen LogP contribution in [0.5, 0.6) is 0 Å². The minimum absolute atomic E-state index is 0.107. The average Bonchev–Trinajstić information content (AvgIpc) is 2.77. The van der Waals surface area contributed by atoms with Crippen LogP contribution in [-0.2, 0) is 16.0 Å². The summed E-state index contributed by atoms with van der Waals surface area (Å²) in [5.41, 5.74) is 2.02. The number of hydrogen-bond acceptors (Lipinski definition) is 3. The second-order valence-electron chi connectivity index (χ2n) is 5.79. The predicted molar refractivity (Wildman–Crippen MR) is 78.7 cm³/mol. The highest BCUT2D eigenvalue weighted by Gasteiger charge is 2.36. The van der Waals surface area contributed by atoms with Crippen LogP contribution in [0.4, 0.5) is 4.79 Å². The van der Waals surface area contributed by atoms with Crippen molar-refractivity contribution in [1.29, 1.82) is 0 Å². The Morgan fingerprint density at radius 2 is 1.81 bits per heavy atom. The quantitative estimate of drug-likeness (QED) is 0.862. The van der Waals surface area contributed by atoms with Crippen LogP contribution < -0.4 is 5.32 Å². The van der Waals surface area contributed by atoms with E-state index in [1.165, 1.54) is 5.56 Å². The van der Waals surface area contributed by atoms with Crippen LogP contribution in [0, 0.1) is 5.92 Å². The molecular weight excluding hydrogens is 268 g/mol. The van der Waals surface area contributed by atoms with Gasteiger partial charge in [0.2, 0.25) is 5.91 Å². The normalized spacial score (nSPS) is 16.3. The van der Waals surface area contributed by atoms with Crippen molar-refractivity contribution >= 4 is 17.8 Å². The summed E-state index contributed by atoms with van der Waals surface area (Å²) in [6.07, 6.45) is 0.982. The van der Waals surface area contributed by atoms with Gasteiger partial charge >= 0.3 is 6.03 Å². The lowest BCUT2D eigenvalue weighted by molar-refractivity contribution is -0.139. The molecule has 2 rings (SSSR count). The molecule has 1 N–H and O–H groups in total. The van der Waals surface area contributed by atoms with Gasteiger partial charge in [0.05, 0.1) is 12.5 Å². The van der Waals surface area contributed by atoms with Crippen LogP contribution in [0.1, 0.15) is 37.8 Å². The van der Waals surface area contributed by atoms with Crippen molar-refractivity contribution in [2.24, 2.45) is 5.92 Å². The molecule has 1 aliphatic heterocycles. The molecule has 1 heterocycles. The Labute approximate surface area is 124 Å². The second kappa shape index (κ2) is 6.08. The molecule has 112 valence electrons. The number of benzene rings is 1. The van der Waals surface area contributed by atoms with Gasteiger partial charge in [0.1, 0.15) is 0 Å². The molecule has 1 unspecified atom stereocenters. The molecule has 5 nitrogen and oxygen atoms in total. The standard InChI is InChI=1S/C16H20N2O3/c1-10(2)8-12-4-6-13(7-5-12)11(3)15(20)18-14(19)9-17-16(18)21/h4-7,10-11H,8-9H2,1-3H3,(H,17,21). The summed E-state index contributed by atoms with van der Waals surface area (Å²) >= 11 is 0. The van der Waals surface area contributed by atoms with E-state index < -0.39 is 23.8 Å². The van der Waals surface area contributed by atoms with E-state index in [0.29, 0.717) is 10.8 Å². The highest BCUT2D eigenvalue weighted by molar-refractivity contribution is 6.16. The van der Waals surface area contributed by atoms with Crippen LogP contribution in [0.15, 0.2) is 24.3 Å².